The maximum atomic E-state index is 13.4. The average molecular weight is 427 g/mol. The second kappa shape index (κ2) is 8.07. The number of anilines is 1. The topological polar surface area (TPSA) is 85.8 Å². The van der Waals surface area contributed by atoms with Crippen molar-refractivity contribution in [1.82, 2.24) is 19.9 Å². The minimum Gasteiger partial charge on any atom is -0.335 e. The molecule has 0 fully saturated rings. The van der Waals surface area contributed by atoms with E-state index in [4.69, 9.17) is 4.52 Å². The van der Waals surface area contributed by atoms with Gasteiger partial charge in [0.15, 0.2) is 0 Å². The van der Waals surface area contributed by atoms with Crippen molar-refractivity contribution in [1.29, 1.82) is 0 Å². The van der Waals surface area contributed by atoms with Crippen LogP contribution in [-0.2, 0) is 6.54 Å². The van der Waals surface area contributed by atoms with Gasteiger partial charge in [0, 0.05) is 23.9 Å². The molecule has 8 heteroatoms. The Kier molecular flexibility index (Phi) is 4.95. The van der Waals surface area contributed by atoms with Crippen LogP contribution < -0.4 is 5.32 Å². The summed E-state index contributed by atoms with van der Waals surface area (Å²) >= 11 is 0. The van der Waals surface area contributed by atoms with E-state index >= 15 is 0 Å². The number of fused-ring (bicyclic) bond motifs is 1. The molecule has 0 radical (unpaired) electrons. The number of rotatable bonds is 5. The van der Waals surface area contributed by atoms with Crippen molar-refractivity contribution in [3.8, 4) is 22.5 Å². The molecule has 0 saturated carbocycles. The van der Waals surface area contributed by atoms with Crippen LogP contribution in [0.2, 0.25) is 0 Å². The molecule has 0 atom stereocenters. The lowest BCUT2D eigenvalue weighted by atomic mass is 10.0. The lowest BCUT2D eigenvalue weighted by molar-refractivity contribution is 0.102. The zero-order chi connectivity index (χ0) is 22.1. The number of amides is 1. The summed E-state index contributed by atoms with van der Waals surface area (Å²) < 4.78 is 20.7. The van der Waals surface area contributed by atoms with Crippen LogP contribution in [0.3, 0.4) is 0 Å². The molecule has 2 aromatic carbocycles. The van der Waals surface area contributed by atoms with Gasteiger partial charge in [-0.2, -0.15) is 5.10 Å². The van der Waals surface area contributed by atoms with E-state index in [1.807, 2.05) is 37.3 Å². The summed E-state index contributed by atoms with van der Waals surface area (Å²) in [5.41, 5.74) is 3.59. The van der Waals surface area contributed by atoms with Gasteiger partial charge in [-0.05, 0) is 37.3 Å². The Bertz CT molecular complexity index is 1410. The third-order valence-electron chi connectivity index (χ3n) is 5.09. The number of aryl methyl sites for hydroxylation is 1. The molecular formula is C24H18FN5O2. The number of pyridine rings is 1. The highest BCUT2D eigenvalue weighted by molar-refractivity contribution is 6.15. The summed E-state index contributed by atoms with van der Waals surface area (Å²) in [7, 11) is 0. The maximum Gasteiger partial charge on any atom is 0.259 e. The predicted molar refractivity (Wildman–Crippen MR) is 118 cm³/mol. The summed E-state index contributed by atoms with van der Waals surface area (Å²) in [5.74, 6) is -0.714. The van der Waals surface area contributed by atoms with E-state index in [-0.39, 0.29) is 17.4 Å². The second-order valence-corrected chi connectivity index (χ2v) is 7.18. The van der Waals surface area contributed by atoms with E-state index in [0.717, 1.165) is 5.56 Å². The van der Waals surface area contributed by atoms with E-state index in [1.165, 1.54) is 12.1 Å². The summed E-state index contributed by atoms with van der Waals surface area (Å²) in [4.78, 5) is 17.9. The molecule has 158 valence electrons. The van der Waals surface area contributed by atoms with Crippen LogP contribution in [0.4, 0.5) is 10.1 Å². The quantitative estimate of drug-likeness (QED) is 0.418. The number of aromatic nitrogens is 4. The van der Waals surface area contributed by atoms with Gasteiger partial charge in [0.25, 0.3) is 11.6 Å². The van der Waals surface area contributed by atoms with Crippen LogP contribution in [0, 0.1) is 5.82 Å². The number of hydrogen-bond donors (Lipinski definition) is 1. The first-order chi connectivity index (χ1) is 15.6. The van der Waals surface area contributed by atoms with Gasteiger partial charge < -0.3 is 9.84 Å². The second-order valence-electron chi connectivity index (χ2n) is 7.18. The van der Waals surface area contributed by atoms with Gasteiger partial charge in [-0.15, -0.1) is 0 Å². The molecular weight excluding hydrogens is 409 g/mol. The van der Waals surface area contributed by atoms with Crippen molar-refractivity contribution in [2.45, 2.75) is 13.5 Å². The molecule has 0 unspecified atom stereocenters. The molecule has 7 nitrogen and oxygen atoms in total. The highest BCUT2D eigenvalue weighted by Gasteiger charge is 2.22. The molecule has 1 amide bonds. The molecule has 5 rings (SSSR count). The number of halogens is 1. The first-order valence-corrected chi connectivity index (χ1v) is 10.1. The van der Waals surface area contributed by atoms with Crippen LogP contribution in [0.1, 0.15) is 17.3 Å². The van der Waals surface area contributed by atoms with Crippen molar-refractivity contribution in [3.05, 3.63) is 84.4 Å². The van der Waals surface area contributed by atoms with E-state index in [1.54, 1.807) is 35.3 Å². The number of nitrogens with zero attached hydrogens (tertiary/aromatic N) is 4. The van der Waals surface area contributed by atoms with E-state index in [0.29, 0.717) is 40.1 Å². The fourth-order valence-electron chi connectivity index (χ4n) is 3.49. The Morgan fingerprint density at radius 2 is 1.88 bits per heavy atom. The van der Waals surface area contributed by atoms with Gasteiger partial charge >= 0.3 is 0 Å². The van der Waals surface area contributed by atoms with Crippen molar-refractivity contribution < 1.29 is 13.7 Å². The zero-order valence-electron chi connectivity index (χ0n) is 17.1. The Morgan fingerprint density at radius 3 is 2.59 bits per heavy atom. The molecule has 0 aliphatic heterocycles. The first-order valence-electron chi connectivity index (χ1n) is 10.1. The third-order valence-corrected chi connectivity index (χ3v) is 5.09. The summed E-state index contributed by atoms with van der Waals surface area (Å²) in [6.45, 7) is 2.65. The van der Waals surface area contributed by atoms with Crippen LogP contribution in [-0.4, -0.2) is 25.8 Å². The van der Waals surface area contributed by atoms with E-state index in [9.17, 15) is 9.18 Å². The Hall–Kier alpha value is -4.33. The SMILES string of the molecule is CCn1cc(NC(=O)c2cc(-c3ccccc3)nc3onc(-c4ccc(F)cc4)c23)cn1. The minimum atomic E-state index is -0.364. The fourth-order valence-corrected chi connectivity index (χ4v) is 3.49. The van der Waals surface area contributed by atoms with Crippen LogP contribution in [0.15, 0.2) is 77.6 Å². The molecule has 0 saturated heterocycles. The van der Waals surface area contributed by atoms with E-state index < -0.39 is 0 Å². The monoisotopic (exact) mass is 427 g/mol. The minimum absolute atomic E-state index is 0.222. The van der Waals surface area contributed by atoms with Gasteiger partial charge in [-0.1, -0.05) is 35.5 Å². The molecule has 0 aliphatic rings. The molecule has 0 spiro atoms. The van der Waals surface area contributed by atoms with Gasteiger partial charge in [0.1, 0.15) is 11.5 Å². The third kappa shape index (κ3) is 3.62. The number of benzene rings is 2. The van der Waals surface area contributed by atoms with Gasteiger partial charge in [-0.3, -0.25) is 9.48 Å². The number of nitrogens with one attached hydrogen (secondary N) is 1. The number of hydrogen-bond acceptors (Lipinski definition) is 5. The maximum absolute atomic E-state index is 13.4. The molecule has 3 aromatic heterocycles. The molecule has 0 bridgehead atoms. The number of carbonyl (C=O) groups is 1. The molecule has 0 aliphatic carbocycles. The molecule has 1 N–H and O–H groups in total. The standard InChI is InChI=1S/C24H18FN5O2/c1-2-30-14-18(13-26-30)27-23(31)19-12-20(15-6-4-3-5-7-15)28-24-21(19)22(29-32-24)16-8-10-17(25)11-9-16/h3-14H,2H2,1H3,(H,27,31). The van der Waals surface area contributed by atoms with Crippen LogP contribution in [0.25, 0.3) is 33.6 Å². The van der Waals surface area contributed by atoms with Crippen molar-refractivity contribution in [3.63, 3.8) is 0 Å². The summed E-state index contributed by atoms with van der Waals surface area (Å²) in [5, 5.41) is 11.7. The van der Waals surface area contributed by atoms with Crippen molar-refractivity contribution in [2.75, 3.05) is 5.32 Å². The largest absolute Gasteiger partial charge is 0.335 e. The Morgan fingerprint density at radius 1 is 1.09 bits per heavy atom. The summed E-state index contributed by atoms with van der Waals surface area (Å²) in [6.07, 6.45) is 3.34. The van der Waals surface area contributed by atoms with Gasteiger partial charge in [0.2, 0.25) is 0 Å². The smallest absolute Gasteiger partial charge is 0.259 e. The Labute approximate surface area is 182 Å². The summed E-state index contributed by atoms with van der Waals surface area (Å²) in [6, 6.07) is 17.0. The molecule has 5 aromatic rings. The molecule has 3 heterocycles. The molecule has 32 heavy (non-hydrogen) atoms. The predicted octanol–water partition coefficient (Wildman–Crippen LogP) is 5.16. The zero-order valence-corrected chi connectivity index (χ0v) is 17.1. The normalized spacial score (nSPS) is 11.1. The average Bonchev–Trinajstić information content (AvgIpc) is 3.46. The lowest BCUT2D eigenvalue weighted by Crippen LogP contribution is -2.12. The Balaban J connectivity index is 1.66. The van der Waals surface area contributed by atoms with Gasteiger partial charge in [-0.25, -0.2) is 9.37 Å². The number of carbonyl (C=O) groups excluding carboxylic acids is 1. The highest BCUT2D eigenvalue weighted by atomic mass is 19.1. The van der Waals surface area contributed by atoms with Gasteiger partial charge in [0.05, 0.1) is 28.5 Å². The van der Waals surface area contributed by atoms with Crippen molar-refractivity contribution >= 4 is 22.7 Å². The highest BCUT2D eigenvalue weighted by Crippen LogP contribution is 2.33. The van der Waals surface area contributed by atoms with Crippen molar-refractivity contribution in [2.24, 2.45) is 0 Å². The van der Waals surface area contributed by atoms with Crippen LogP contribution in [0.5, 0.6) is 0 Å². The lowest BCUT2D eigenvalue weighted by Gasteiger charge is -2.08. The van der Waals surface area contributed by atoms with Crippen LogP contribution >= 0.6 is 0 Å². The van der Waals surface area contributed by atoms with E-state index in [2.05, 4.69) is 20.6 Å². The fraction of sp³-hybridized carbons (Fsp3) is 0.0833. The first kappa shape index (κ1) is 19.6.